The van der Waals surface area contributed by atoms with E-state index < -0.39 is 5.91 Å². The van der Waals surface area contributed by atoms with E-state index in [2.05, 4.69) is 10.3 Å². The summed E-state index contributed by atoms with van der Waals surface area (Å²) < 4.78 is 0. The average molecular weight is 271 g/mol. The summed E-state index contributed by atoms with van der Waals surface area (Å²) in [6.07, 6.45) is 0.0883. The summed E-state index contributed by atoms with van der Waals surface area (Å²) in [5.74, 6) is -0.617. The fraction of sp³-hybridized carbons (Fsp3) is 0.500. The van der Waals surface area contributed by atoms with Gasteiger partial charge in [-0.3, -0.25) is 9.59 Å². The van der Waals surface area contributed by atoms with Crippen LogP contribution < -0.4 is 21.7 Å². The molecule has 0 radical (unpaired) electrons. The monoisotopic (exact) mass is 271 g/mol. The number of nitrogens with one attached hydrogen (secondary N) is 1. The molecule has 1 unspecified atom stereocenters. The normalized spacial score (nSPS) is 11.9. The fourth-order valence-corrected chi connectivity index (χ4v) is 2.13. The Kier molecular flexibility index (Phi) is 4.49. The van der Waals surface area contributed by atoms with Gasteiger partial charge in [0.15, 0.2) is 5.13 Å². The van der Waals surface area contributed by atoms with Gasteiger partial charge in [-0.25, -0.2) is 4.98 Å². The number of anilines is 2. The van der Waals surface area contributed by atoms with Crippen LogP contribution in [0, 0.1) is 0 Å². The largest absolute Gasteiger partial charge is 0.382 e. The summed E-state index contributed by atoms with van der Waals surface area (Å²) >= 11 is 1.20. The number of carbonyl (C=O) groups excluding carboxylic acids is 2. The second-order valence-corrected chi connectivity index (χ2v) is 5.13. The maximum absolute atomic E-state index is 11.9. The Labute approximate surface area is 109 Å². The molecule has 0 bridgehead atoms. The molecule has 0 saturated heterocycles. The molecule has 5 N–H and O–H groups in total. The Bertz CT molecular complexity index is 457. The van der Waals surface area contributed by atoms with E-state index in [0.717, 1.165) is 0 Å². The topological polar surface area (TPSA) is 114 Å². The molecule has 0 aliphatic heterocycles. The first-order valence-corrected chi connectivity index (χ1v) is 6.15. The third-order valence-corrected chi connectivity index (χ3v) is 3.35. The van der Waals surface area contributed by atoms with Crippen LogP contribution in [0.15, 0.2) is 0 Å². The van der Waals surface area contributed by atoms with Crippen LogP contribution in [-0.4, -0.2) is 36.9 Å². The highest BCUT2D eigenvalue weighted by atomic mass is 32.1. The highest BCUT2D eigenvalue weighted by molar-refractivity contribution is 7.18. The number of hydrogen-bond donors (Lipinski definition) is 3. The molecule has 0 spiro atoms. The number of nitrogens with zero attached hydrogens (tertiary/aromatic N) is 2. The van der Waals surface area contributed by atoms with Crippen molar-refractivity contribution in [3.63, 3.8) is 0 Å². The smallest absolute Gasteiger partial charge is 0.265 e. The molecule has 7 nitrogen and oxygen atoms in total. The van der Waals surface area contributed by atoms with E-state index >= 15 is 0 Å². The van der Waals surface area contributed by atoms with Crippen LogP contribution in [0.4, 0.5) is 10.9 Å². The number of carbonyl (C=O) groups is 2. The predicted molar refractivity (Wildman–Crippen MR) is 71.6 cm³/mol. The first-order chi connectivity index (χ1) is 8.31. The van der Waals surface area contributed by atoms with Gasteiger partial charge < -0.3 is 21.7 Å². The van der Waals surface area contributed by atoms with E-state index in [1.807, 2.05) is 14.1 Å². The number of nitrogens with two attached hydrogens (primary N) is 2. The molecule has 2 amide bonds. The second-order valence-electron chi connectivity index (χ2n) is 4.15. The minimum Gasteiger partial charge on any atom is -0.382 e. The van der Waals surface area contributed by atoms with E-state index in [-0.39, 0.29) is 24.2 Å². The predicted octanol–water partition coefficient (Wildman–Crippen LogP) is -0.215. The minimum atomic E-state index is -0.464. The molecule has 0 saturated carbocycles. The zero-order valence-corrected chi connectivity index (χ0v) is 11.4. The zero-order chi connectivity index (χ0) is 13.9. The zero-order valence-electron chi connectivity index (χ0n) is 10.6. The molecule has 0 fully saturated rings. The first-order valence-electron chi connectivity index (χ1n) is 5.34. The Hall–Kier alpha value is -1.83. The van der Waals surface area contributed by atoms with Gasteiger partial charge in [-0.1, -0.05) is 11.3 Å². The highest BCUT2D eigenvalue weighted by Gasteiger charge is 2.19. The lowest BCUT2D eigenvalue weighted by Gasteiger charge is -2.10. The summed E-state index contributed by atoms with van der Waals surface area (Å²) in [7, 11) is 3.63. The van der Waals surface area contributed by atoms with Crippen LogP contribution in [0.1, 0.15) is 23.0 Å². The quantitative estimate of drug-likeness (QED) is 0.685. The van der Waals surface area contributed by atoms with Crippen molar-refractivity contribution >= 4 is 34.1 Å². The van der Waals surface area contributed by atoms with Gasteiger partial charge in [0.1, 0.15) is 10.7 Å². The molecular weight excluding hydrogens is 254 g/mol. The molecule has 1 rings (SSSR count). The number of aromatic nitrogens is 1. The fourth-order valence-electron chi connectivity index (χ4n) is 1.32. The van der Waals surface area contributed by atoms with Crippen molar-refractivity contribution in [2.24, 2.45) is 5.73 Å². The molecule has 8 heteroatoms. The molecule has 0 aliphatic carbocycles. The van der Waals surface area contributed by atoms with Crippen LogP contribution in [-0.2, 0) is 4.79 Å². The molecule has 1 heterocycles. The minimum absolute atomic E-state index is 0.0883. The molecular formula is C10H17N5O2S. The van der Waals surface area contributed by atoms with Crippen molar-refractivity contribution in [2.75, 3.05) is 24.7 Å². The van der Waals surface area contributed by atoms with Crippen LogP contribution in [0.5, 0.6) is 0 Å². The summed E-state index contributed by atoms with van der Waals surface area (Å²) in [6.45, 7) is 1.70. The number of primary amides is 1. The summed E-state index contributed by atoms with van der Waals surface area (Å²) in [5.41, 5.74) is 10.7. The summed E-state index contributed by atoms with van der Waals surface area (Å²) in [5, 5.41) is 3.31. The van der Waals surface area contributed by atoms with Gasteiger partial charge in [0.2, 0.25) is 5.91 Å². The van der Waals surface area contributed by atoms with Crippen LogP contribution in [0.3, 0.4) is 0 Å². The number of amides is 2. The van der Waals surface area contributed by atoms with Crippen LogP contribution in [0.25, 0.3) is 0 Å². The third-order valence-electron chi connectivity index (χ3n) is 2.12. The van der Waals surface area contributed by atoms with E-state index in [0.29, 0.717) is 10.0 Å². The standard InChI is InChI=1S/C10H17N5O2S/c1-5(4-6(11)16)13-9(17)7-8(12)14-10(18-7)15(2)3/h5H,4,12H2,1-3H3,(H2,11,16)(H,13,17). The third kappa shape index (κ3) is 3.59. The van der Waals surface area contributed by atoms with E-state index in [9.17, 15) is 9.59 Å². The number of hydrogen-bond acceptors (Lipinski definition) is 6. The number of nitrogen functional groups attached to an aromatic ring is 1. The van der Waals surface area contributed by atoms with Crippen molar-refractivity contribution in [2.45, 2.75) is 19.4 Å². The van der Waals surface area contributed by atoms with Gasteiger partial charge in [-0.05, 0) is 6.92 Å². The van der Waals surface area contributed by atoms with Crippen molar-refractivity contribution in [3.05, 3.63) is 4.88 Å². The summed E-state index contributed by atoms with van der Waals surface area (Å²) in [4.78, 5) is 28.8. The lowest BCUT2D eigenvalue weighted by Crippen LogP contribution is -2.35. The molecule has 1 atom stereocenters. The molecule has 100 valence electrons. The Morgan fingerprint density at radius 3 is 2.56 bits per heavy atom. The number of thiazole rings is 1. The number of rotatable bonds is 5. The summed E-state index contributed by atoms with van der Waals surface area (Å²) in [6, 6.07) is -0.334. The van der Waals surface area contributed by atoms with Crippen LogP contribution in [0.2, 0.25) is 0 Å². The highest BCUT2D eigenvalue weighted by Crippen LogP contribution is 2.26. The lowest BCUT2D eigenvalue weighted by molar-refractivity contribution is -0.118. The van der Waals surface area contributed by atoms with E-state index in [1.165, 1.54) is 11.3 Å². The van der Waals surface area contributed by atoms with Gasteiger partial charge in [0.05, 0.1) is 0 Å². The molecule has 0 aromatic carbocycles. The van der Waals surface area contributed by atoms with E-state index in [4.69, 9.17) is 11.5 Å². The molecule has 18 heavy (non-hydrogen) atoms. The van der Waals surface area contributed by atoms with Crippen LogP contribution >= 0.6 is 11.3 Å². The molecule has 0 aliphatic rings. The van der Waals surface area contributed by atoms with Gasteiger partial charge >= 0.3 is 0 Å². The van der Waals surface area contributed by atoms with E-state index in [1.54, 1.807) is 11.8 Å². The Balaban J connectivity index is 2.75. The first kappa shape index (κ1) is 14.2. The maximum atomic E-state index is 11.9. The Morgan fingerprint density at radius 2 is 2.11 bits per heavy atom. The lowest BCUT2D eigenvalue weighted by atomic mass is 10.2. The average Bonchev–Trinajstić information content (AvgIpc) is 2.58. The van der Waals surface area contributed by atoms with Crippen molar-refractivity contribution in [1.29, 1.82) is 0 Å². The maximum Gasteiger partial charge on any atom is 0.265 e. The van der Waals surface area contributed by atoms with Crippen molar-refractivity contribution in [1.82, 2.24) is 10.3 Å². The van der Waals surface area contributed by atoms with Gasteiger partial charge in [-0.15, -0.1) is 0 Å². The molecule has 1 aromatic rings. The SMILES string of the molecule is CC(CC(N)=O)NC(=O)c1sc(N(C)C)nc1N. The van der Waals surface area contributed by atoms with Gasteiger partial charge in [-0.2, -0.15) is 0 Å². The second kappa shape index (κ2) is 5.67. The van der Waals surface area contributed by atoms with Gasteiger partial charge in [0.25, 0.3) is 5.91 Å². The van der Waals surface area contributed by atoms with Crippen molar-refractivity contribution in [3.8, 4) is 0 Å². The van der Waals surface area contributed by atoms with Gasteiger partial charge in [0, 0.05) is 26.6 Å². The Morgan fingerprint density at radius 1 is 1.50 bits per heavy atom. The van der Waals surface area contributed by atoms with Crippen molar-refractivity contribution < 1.29 is 9.59 Å². The molecule has 1 aromatic heterocycles.